The molecule has 0 aliphatic heterocycles. The van der Waals surface area contributed by atoms with Gasteiger partial charge in [0.15, 0.2) is 0 Å². The fraction of sp³-hybridized carbons (Fsp3) is 0.400. The van der Waals surface area contributed by atoms with Crippen molar-refractivity contribution in [2.45, 2.75) is 32.9 Å². The fourth-order valence-corrected chi connectivity index (χ4v) is 2.17. The van der Waals surface area contributed by atoms with Crippen molar-refractivity contribution in [2.75, 3.05) is 6.54 Å². The van der Waals surface area contributed by atoms with E-state index in [4.69, 9.17) is 0 Å². The molecular weight excluding hydrogens is 222 g/mol. The van der Waals surface area contributed by atoms with E-state index in [1.807, 2.05) is 12.3 Å². The van der Waals surface area contributed by atoms with Crippen molar-refractivity contribution in [1.29, 1.82) is 0 Å². The van der Waals surface area contributed by atoms with Gasteiger partial charge in [-0.25, -0.2) is 4.98 Å². The topological polar surface area (TPSA) is 29.9 Å². The summed E-state index contributed by atoms with van der Waals surface area (Å²) in [6.07, 6.45) is 5.06. The van der Waals surface area contributed by atoms with Crippen LogP contribution in [0.5, 0.6) is 0 Å². The van der Waals surface area contributed by atoms with Gasteiger partial charge in [0, 0.05) is 30.5 Å². The zero-order valence-corrected chi connectivity index (χ0v) is 11.1. The Morgan fingerprint density at radius 1 is 1.22 bits per heavy atom. The van der Waals surface area contributed by atoms with Crippen LogP contribution in [0.4, 0.5) is 0 Å². The van der Waals surface area contributed by atoms with Crippen LogP contribution in [0.3, 0.4) is 0 Å². The first kappa shape index (κ1) is 12.8. The molecule has 1 aromatic heterocycles. The Balaban J connectivity index is 2.18. The second-order valence-corrected chi connectivity index (χ2v) is 4.43. The molecule has 96 valence electrons. The molecule has 1 aromatic carbocycles. The van der Waals surface area contributed by atoms with Crippen molar-refractivity contribution in [2.24, 2.45) is 0 Å². The molecule has 0 saturated carbocycles. The molecule has 0 fully saturated rings. The number of likely N-dealkylation sites (N-methyl/N-ethyl adjacent to an activating group) is 1. The second kappa shape index (κ2) is 6.36. The third-order valence-electron chi connectivity index (χ3n) is 3.15. The zero-order valence-electron chi connectivity index (χ0n) is 11.1. The van der Waals surface area contributed by atoms with E-state index in [1.165, 1.54) is 5.56 Å². The lowest BCUT2D eigenvalue weighted by Crippen LogP contribution is -2.32. The number of rotatable bonds is 6. The number of imidazole rings is 1. The van der Waals surface area contributed by atoms with Gasteiger partial charge < -0.3 is 9.88 Å². The van der Waals surface area contributed by atoms with Crippen molar-refractivity contribution < 1.29 is 0 Å². The van der Waals surface area contributed by atoms with Crippen LogP contribution in [0.2, 0.25) is 0 Å². The Morgan fingerprint density at radius 3 is 2.67 bits per heavy atom. The number of hydrogen-bond acceptors (Lipinski definition) is 2. The molecule has 0 amide bonds. The fourth-order valence-electron chi connectivity index (χ4n) is 2.17. The molecule has 0 bridgehead atoms. The van der Waals surface area contributed by atoms with E-state index >= 15 is 0 Å². The van der Waals surface area contributed by atoms with E-state index in [0.717, 1.165) is 25.3 Å². The van der Waals surface area contributed by atoms with Gasteiger partial charge in [-0.05, 0) is 13.0 Å². The first-order chi connectivity index (χ1) is 8.85. The lowest BCUT2D eigenvalue weighted by atomic mass is 10.2. The Hall–Kier alpha value is -1.61. The summed E-state index contributed by atoms with van der Waals surface area (Å²) in [5.74, 6) is 1.05. The quantitative estimate of drug-likeness (QED) is 0.845. The van der Waals surface area contributed by atoms with Crippen molar-refractivity contribution in [3.63, 3.8) is 0 Å². The van der Waals surface area contributed by atoms with E-state index in [1.54, 1.807) is 0 Å². The number of benzene rings is 1. The summed E-state index contributed by atoms with van der Waals surface area (Å²) in [4.78, 5) is 4.47. The minimum atomic E-state index is 0.506. The van der Waals surface area contributed by atoms with E-state index in [2.05, 4.69) is 59.2 Å². The molecule has 0 spiro atoms. The third-order valence-corrected chi connectivity index (χ3v) is 3.15. The van der Waals surface area contributed by atoms with Gasteiger partial charge in [0.1, 0.15) is 5.82 Å². The van der Waals surface area contributed by atoms with E-state index in [-0.39, 0.29) is 0 Å². The Labute approximate surface area is 109 Å². The van der Waals surface area contributed by atoms with Gasteiger partial charge in [-0.15, -0.1) is 0 Å². The predicted molar refractivity (Wildman–Crippen MR) is 75.4 cm³/mol. The van der Waals surface area contributed by atoms with Crippen molar-refractivity contribution >= 4 is 0 Å². The van der Waals surface area contributed by atoms with Crippen LogP contribution in [-0.2, 0) is 6.54 Å². The Kier molecular flexibility index (Phi) is 4.53. The van der Waals surface area contributed by atoms with Gasteiger partial charge >= 0.3 is 0 Å². The normalized spacial score (nSPS) is 12.6. The summed E-state index contributed by atoms with van der Waals surface area (Å²) < 4.78 is 2.23. The lowest BCUT2D eigenvalue weighted by molar-refractivity contribution is 0.449. The maximum absolute atomic E-state index is 4.47. The molecule has 2 aromatic rings. The van der Waals surface area contributed by atoms with Crippen LogP contribution in [0.15, 0.2) is 42.7 Å². The summed E-state index contributed by atoms with van der Waals surface area (Å²) >= 11 is 0. The molecular formula is C15H21N3. The molecule has 0 saturated heterocycles. The molecule has 1 heterocycles. The average Bonchev–Trinajstić information content (AvgIpc) is 2.87. The summed E-state index contributed by atoms with van der Waals surface area (Å²) in [6.45, 7) is 6.34. The van der Waals surface area contributed by atoms with Gasteiger partial charge in [0.2, 0.25) is 0 Å². The minimum absolute atomic E-state index is 0.506. The second-order valence-electron chi connectivity index (χ2n) is 4.43. The molecule has 3 nitrogen and oxygen atoms in total. The number of aromatic nitrogens is 2. The molecule has 1 N–H and O–H groups in total. The van der Waals surface area contributed by atoms with Gasteiger partial charge in [0.25, 0.3) is 0 Å². The smallest absolute Gasteiger partial charge is 0.139 e. The van der Waals surface area contributed by atoms with Crippen molar-refractivity contribution in [3.8, 4) is 11.4 Å². The van der Waals surface area contributed by atoms with Crippen molar-refractivity contribution in [3.05, 3.63) is 42.7 Å². The van der Waals surface area contributed by atoms with Crippen LogP contribution in [0.25, 0.3) is 11.4 Å². The van der Waals surface area contributed by atoms with Crippen LogP contribution in [0.1, 0.15) is 20.3 Å². The molecule has 0 aliphatic carbocycles. The predicted octanol–water partition coefficient (Wildman–Crippen LogP) is 2.94. The maximum atomic E-state index is 4.47. The molecule has 0 radical (unpaired) electrons. The third kappa shape index (κ3) is 2.99. The summed E-state index contributed by atoms with van der Waals surface area (Å²) in [6, 6.07) is 10.8. The van der Waals surface area contributed by atoms with Crippen LogP contribution in [-0.4, -0.2) is 22.1 Å². The van der Waals surface area contributed by atoms with E-state index < -0.39 is 0 Å². The molecule has 2 rings (SSSR count). The SMILES string of the molecule is CCNC(CC)Cn1ccnc1-c1ccccc1. The lowest BCUT2D eigenvalue weighted by Gasteiger charge is -2.18. The molecule has 18 heavy (non-hydrogen) atoms. The van der Waals surface area contributed by atoms with Gasteiger partial charge in [-0.3, -0.25) is 0 Å². The highest BCUT2D eigenvalue weighted by Crippen LogP contribution is 2.17. The number of hydrogen-bond donors (Lipinski definition) is 1. The highest BCUT2D eigenvalue weighted by Gasteiger charge is 2.10. The minimum Gasteiger partial charge on any atom is -0.329 e. The Morgan fingerprint density at radius 2 is 2.00 bits per heavy atom. The maximum Gasteiger partial charge on any atom is 0.139 e. The average molecular weight is 243 g/mol. The van der Waals surface area contributed by atoms with Gasteiger partial charge in [-0.2, -0.15) is 0 Å². The molecule has 3 heteroatoms. The number of nitrogens with zero attached hydrogens (tertiary/aromatic N) is 2. The largest absolute Gasteiger partial charge is 0.329 e. The van der Waals surface area contributed by atoms with Crippen LogP contribution >= 0.6 is 0 Å². The highest BCUT2D eigenvalue weighted by atomic mass is 15.1. The van der Waals surface area contributed by atoms with E-state index in [9.17, 15) is 0 Å². The highest BCUT2D eigenvalue weighted by molar-refractivity contribution is 5.55. The summed E-state index contributed by atoms with van der Waals surface area (Å²) in [5.41, 5.74) is 1.17. The standard InChI is InChI=1S/C15H21N3/c1-3-14(16-4-2)12-18-11-10-17-15(18)13-8-6-5-7-9-13/h5-11,14,16H,3-4,12H2,1-2H3. The number of nitrogens with one attached hydrogen (secondary N) is 1. The monoisotopic (exact) mass is 243 g/mol. The summed E-state index contributed by atoms with van der Waals surface area (Å²) in [5, 5.41) is 3.50. The van der Waals surface area contributed by atoms with Gasteiger partial charge in [-0.1, -0.05) is 44.2 Å². The van der Waals surface area contributed by atoms with Crippen LogP contribution in [0, 0.1) is 0 Å². The molecule has 1 atom stereocenters. The Bertz CT molecular complexity index is 462. The molecule has 1 unspecified atom stereocenters. The van der Waals surface area contributed by atoms with Crippen molar-refractivity contribution in [1.82, 2.24) is 14.9 Å². The van der Waals surface area contributed by atoms with E-state index in [0.29, 0.717) is 6.04 Å². The first-order valence-corrected chi connectivity index (χ1v) is 6.65. The van der Waals surface area contributed by atoms with Crippen LogP contribution < -0.4 is 5.32 Å². The zero-order chi connectivity index (χ0) is 12.8. The van der Waals surface area contributed by atoms with Gasteiger partial charge in [0.05, 0.1) is 0 Å². The first-order valence-electron chi connectivity index (χ1n) is 6.65. The summed E-state index contributed by atoms with van der Waals surface area (Å²) in [7, 11) is 0. The molecule has 0 aliphatic rings.